The molecule has 0 aliphatic carbocycles. The minimum absolute atomic E-state index is 0.398. The van der Waals surface area contributed by atoms with Gasteiger partial charge in [0.05, 0.1) is 12.7 Å². The predicted molar refractivity (Wildman–Crippen MR) is 55.2 cm³/mol. The number of rotatable bonds is 3. The van der Waals surface area contributed by atoms with Crippen LogP contribution in [0.2, 0.25) is 0 Å². The number of esters is 1. The summed E-state index contributed by atoms with van der Waals surface area (Å²) in [5.41, 5.74) is 1.68. The average Bonchev–Trinajstić information content (AvgIpc) is 2.26. The van der Waals surface area contributed by atoms with Crippen molar-refractivity contribution >= 4 is 17.9 Å². The van der Waals surface area contributed by atoms with Crippen molar-refractivity contribution in [3.8, 4) is 0 Å². The van der Waals surface area contributed by atoms with Crippen LogP contribution in [0.5, 0.6) is 0 Å². The monoisotopic (exact) mass is 192 g/mol. The van der Waals surface area contributed by atoms with Crippen LogP contribution in [0.3, 0.4) is 0 Å². The lowest BCUT2D eigenvalue weighted by Crippen LogP contribution is -2.07. The van der Waals surface area contributed by atoms with E-state index in [1.54, 1.807) is 25.2 Å². The van der Waals surface area contributed by atoms with Gasteiger partial charge in [0.1, 0.15) is 0 Å². The van der Waals surface area contributed by atoms with Gasteiger partial charge < -0.3 is 15.5 Å². The lowest BCUT2D eigenvalue weighted by atomic mass is 10.1. The fourth-order valence-electron chi connectivity index (χ4n) is 1.23. The Balaban J connectivity index is 3.28. The van der Waals surface area contributed by atoms with Crippen molar-refractivity contribution in [2.45, 2.75) is 0 Å². The standard InChI is InChI=1S/C10H12N2O2/c1-12-9-5-3-4-7(8(9)6-11)10(13)14-2/h3-6,11-12H,1-2H3. The molecule has 1 aromatic rings. The van der Waals surface area contributed by atoms with Crippen LogP contribution in [0.25, 0.3) is 0 Å². The van der Waals surface area contributed by atoms with Crippen LogP contribution in [-0.2, 0) is 4.74 Å². The Labute approximate surface area is 82.4 Å². The summed E-state index contributed by atoms with van der Waals surface area (Å²) in [5, 5.41) is 10.1. The Morgan fingerprint density at radius 2 is 2.29 bits per heavy atom. The zero-order valence-corrected chi connectivity index (χ0v) is 8.13. The van der Waals surface area contributed by atoms with E-state index in [2.05, 4.69) is 10.1 Å². The first-order chi connectivity index (χ1) is 6.74. The maximum atomic E-state index is 11.3. The molecule has 1 rings (SSSR count). The number of carbonyl (C=O) groups excluding carboxylic acids is 1. The van der Waals surface area contributed by atoms with Gasteiger partial charge in [-0.2, -0.15) is 0 Å². The highest BCUT2D eigenvalue weighted by Crippen LogP contribution is 2.18. The Morgan fingerprint density at radius 1 is 1.57 bits per heavy atom. The van der Waals surface area contributed by atoms with Gasteiger partial charge in [0, 0.05) is 24.5 Å². The Kier molecular flexibility index (Phi) is 3.23. The molecule has 0 spiro atoms. The third-order valence-electron chi connectivity index (χ3n) is 1.93. The van der Waals surface area contributed by atoms with Gasteiger partial charge in [-0.25, -0.2) is 4.79 Å². The van der Waals surface area contributed by atoms with Gasteiger partial charge in [0.25, 0.3) is 0 Å². The summed E-state index contributed by atoms with van der Waals surface area (Å²) >= 11 is 0. The fraction of sp³-hybridized carbons (Fsp3) is 0.200. The normalized spacial score (nSPS) is 9.29. The van der Waals surface area contributed by atoms with Crippen molar-refractivity contribution in [1.29, 1.82) is 5.41 Å². The summed E-state index contributed by atoms with van der Waals surface area (Å²) in [6.07, 6.45) is 1.14. The van der Waals surface area contributed by atoms with E-state index < -0.39 is 5.97 Å². The predicted octanol–water partition coefficient (Wildman–Crippen LogP) is 1.51. The summed E-state index contributed by atoms with van der Waals surface area (Å²) in [4.78, 5) is 11.3. The molecule has 0 aliphatic rings. The third kappa shape index (κ3) is 1.74. The van der Waals surface area contributed by atoms with Gasteiger partial charge >= 0.3 is 5.97 Å². The molecule has 0 heterocycles. The van der Waals surface area contributed by atoms with Crippen molar-refractivity contribution in [2.75, 3.05) is 19.5 Å². The molecular formula is C10H12N2O2. The smallest absolute Gasteiger partial charge is 0.338 e. The first-order valence-electron chi connectivity index (χ1n) is 4.14. The van der Waals surface area contributed by atoms with E-state index in [-0.39, 0.29) is 0 Å². The van der Waals surface area contributed by atoms with Crippen molar-refractivity contribution < 1.29 is 9.53 Å². The third-order valence-corrected chi connectivity index (χ3v) is 1.93. The van der Waals surface area contributed by atoms with Gasteiger partial charge in [-0.1, -0.05) is 6.07 Å². The summed E-state index contributed by atoms with van der Waals surface area (Å²) in [6.45, 7) is 0. The molecule has 74 valence electrons. The molecule has 14 heavy (non-hydrogen) atoms. The zero-order valence-electron chi connectivity index (χ0n) is 8.13. The Bertz CT molecular complexity index is 361. The van der Waals surface area contributed by atoms with E-state index in [1.807, 2.05) is 0 Å². The van der Waals surface area contributed by atoms with Crippen LogP contribution in [-0.4, -0.2) is 26.3 Å². The van der Waals surface area contributed by atoms with E-state index in [1.165, 1.54) is 7.11 Å². The van der Waals surface area contributed by atoms with E-state index in [9.17, 15) is 4.79 Å². The summed E-state index contributed by atoms with van der Waals surface area (Å²) in [5.74, 6) is -0.430. The number of benzene rings is 1. The van der Waals surface area contributed by atoms with Gasteiger partial charge in [0.2, 0.25) is 0 Å². The number of methoxy groups -OCH3 is 1. The van der Waals surface area contributed by atoms with Crippen molar-refractivity contribution in [3.05, 3.63) is 29.3 Å². The first kappa shape index (κ1) is 10.2. The van der Waals surface area contributed by atoms with E-state index in [0.29, 0.717) is 11.1 Å². The molecule has 0 bridgehead atoms. The SMILES string of the molecule is CNc1cccc(C(=O)OC)c1C=N. The summed E-state index contributed by atoms with van der Waals surface area (Å²) < 4.78 is 4.61. The summed E-state index contributed by atoms with van der Waals surface area (Å²) in [7, 11) is 3.06. The van der Waals surface area contributed by atoms with Crippen LogP contribution >= 0.6 is 0 Å². The van der Waals surface area contributed by atoms with Crippen LogP contribution in [0.1, 0.15) is 15.9 Å². The minimum atomic E-state index is -0.430. The Hall–Kier alpha value is -1.84. The molecule has 0 unspecified atom stereocenters. The molecule has 4 heteroatoms. The van der Waals surface area contributed by atoms with Crippen molar-refractivity contribution in [3.63, 3.8) is 0 Å². The molecular weight excluding hydrogens is 180 g/mol. The second kappa shape index (κ2) is 4.41. The molecule has 0 saturated heterocycles. The van der Waals surface area contributed by atoms with Gasteiger partial charge in [0.15, 0.2) is 0 Å². The topological polar surface area (TPSA) is 62.2 Å². The molecule has 0 aromatic heterocycles. The van der Waals surface area contributed by atoms with E-state index >= 15 is 0 Å². The largest absolute Gasteiger partial charge is 0.465 e. The highest BCUT2D eigenvalue weighted by Gasteiger charge is 2.12. The quantitative estimate of drug-likeness (QED) is 0.563. The highest BCUT2D eigenvalue weighted by atomic mass is 16.5. The maximum absolute atomic E-state index is 11.3. The van der Waals surface area contributed by atoms with Crippen LogP contribution in [0.4, 0.5) is 5.69 Å². The highest BCUT2D eigenvalue weighted by molar-refractivity contribution is 6.02. The van der Waals surface area contributed by atoms with Crippen molar-refractivity contribution in [1.82, 2.24) is 0 Å². The van der Waals surface area contributed by atoms with Crippen LogP contribution in [0, 0.1) is 5.41 Å². The molecule has 0 fully saturated rings. The Morgan fingerprint density at radius 3 is 2.79 bits per heavy atom. The van der Waals surface area contributed by atoms with E-state index in [4.69, 9.17) is 5.41 Å². The maximum Gasteiger partial charge on any atom is 0.338 e. The molecule has 0 radical (unpaired) electrons. The molecule has 1 aromatic carbocycles. The zero-order chi connectivity index (χ0) is 10.6. The number of anilines is 1. The second-order valence-corrected chi connectivity index (χ2v) is 2.65. The molecule has 0 aliphatic heterocycles. The fourth-order valence-corrected chi connectivity index (χ4v) is 1.23. The van der Waals surface area contributed by atoms with Crippen LogP contribution in [0.15, 0.2) is 18.2 Å². The number of nitrogens with one attached hydrogen (secondary N) is 2. The molecule has 0 amide bonds. The molecule has 4 nitrogen and oxygen atoms in total. The van der Waals surface area contributed by atoms with Gasteiger partial charge in [-0.3, -0.25) is 0 Å². The van der Waals surface area contributed by atoms with Crippen LogP contribution < -0.4 is 5.32 Å². The molecule has 2 N–H and O–H groups in total. The second-order valence-electron chi connectivity index (χ2n) is 2.65. The number of hydrogen-bond acceptors (Lipinski definition) is 4. The van der Waals surface area contributed by atoms with E-state index in [0.717, 1.165) is 11.9 Å². The number of hydrogen-bond donors (Lipinski definition) is 2. The molecule has 0 saturated carbocycles. The molecule has 0 atom stereocenters. The number of ether oxygens (including phenoxy) is 1. The van der Waals surface area contributed by atoms with Gasteiger partial charge in [-0.15, -0.1) is 0 Å². The lowest BCUT2D eigenvalue weighted by Gasteiger charge is -2.08. The van der Waals surface area contributed by atoms with Gasteiger partial charge in [-0.05, 0) is 12.1 Å². The average molecular weight is 192 g/mol. The first-order valence-corrected chi connectivity index (χ1v) is 4.14. The minimum Gasteiger partial charge on any atom is -0.465 e. The van der Waals surface area contributed by atoms with Crippen molar-refractivity contribution in [2.24, 2.45) is 0 Å². The summed E-state index contributed by atoms with van der Waals surface area (Å²) in [6, 6.07) is 5.17. The lowest BCUT2D eigenvalue weighted by molar-refractivity contribution is 0.0600. The number of carbonyl (C=O) groups is 1.